The number of carbonyl (C=O) groups is 2. The largest absolute Gasteiger partial charge is 0.381 e. The van der Waals surface area contributed by atoms with Crippen LogP contribution in [0.4, 0.5) is 0 Å². The first-order valence-electron chi connectivity index (χ1n) is 12.8. The summed E-state index contributed by atoms with van der Waals surface area (Å²) in [6.07, 6.45) is 3.39. The highest BCUT2D eigenvalue weighted by molar-refractivity contribution is 7.90. The molecule has 2 aromatic carbocycles. The molecule has 1 aliphatic rings. The molecule has 0 aliphatic carbocycles. The number of ketones is 1. The molecule has 38 heavy (non-hydrogen) atoms. The normalized spacial score (nSPS) is 16.0. The molecule has 3 aromatic rings. The fraction of sp³-hybridized carbons (Fsp3) is 0.393. The molecule has 1 saturated heterocycles. The van der Waals surface area contributed by atoms with Crippen LogP contribution in [0.5, 0.6) is 0 Å². The van der Waals surface area contributed by atoms with Gasteiger partial charge in [-0.1, -0.05) is 60.7 Å². The maximum absolute atomic E-state index is 13.3. The van der Waals surface area contributed by atoms with Crippen LogP contribution in [0.2, 0.25) is 0 Å². The Labute approximate surface area is 227 Å². The maximum Gasteiger partial charge on any atom is 0.238 e. The Bertz CT molecular complexity index is 1260. The summed E-state index contributed by atoms with van der Waals surface area (Å²) >= 11 is 1.29. The Morgan fingerprint density at radius 3 is 2.37 bits per heavy atom. The van der Waals surface area contributed by atoms with Crippen molar-refractivity contribution in [2.24, 2.45) is 0 Å². The third-order valence-corrected chi connectivity index (χ3v) is 8.92. The van der Waals surface area contributed by atoms with Crippen LogP contribution in [0.1, 0.15) is 46.1 Å². The summed E-state index contributed by atoms with van der Waals surface area (Å²) < 4.78 is 31.5. The minimum absolute atomic E-state index is 0.00465. The summed E-state index contributed by atoms with van der Waals surface area (Å²) in [7, 11) is -3.57. The third-order valence-electron chi connectivity index (χ3n) is 6.52. The first-order chi connectivity index (χ1) is 18.4. The fourth-order valence-electron chi connectivity index (χ4n) is 4.58. The molecule has 10 heteroatoms. The number of amides is 1. The monoisotopic (exact) mass is 555 g/mol. The molecule has 2 heterocycles. The van der Waals surface area contributed by atoms with E-state index in [1.54, 1.807) is 35.8 Å². The number of nitrogens with one attached hydrogen (secondary N) is 2. The maximum atomic E-state index is 13.3. The van der Waals surface area contributed by atoms with Crippen molar-refractivity contribution in [3.8, 4) is 0 Å². The smallest absolute Gasteiger partial charge is 0.238 e. The van der Waals surface area contributed by atoms with Crippen LogP contribution < -0.4 is 10.6 Å². The molecular formula is C28H33N3O5S2. The molecule has 1 aliphatic heterocycles. The molecule has 0 saturated carbocycles. The van der Waals surface area contributed by atoms with E-state index in [9.17, 15) is 18.0 Å². The predicted molar refractivity (Wildman–Crippen MR) is 148 cm³/mol. The molecule has 2 atom stereocenters. The Morgan fingerprint density at radius 1 is 1.03 bits per heavy atom. The van der Waals surface area contributed by atoms with E-state index >= 15 is 0 Å². The van der Waals surface area contributed by atoms with Crippen LogP contribution in [0, 0.1) is 0 Å². The molecule has 1 aromatic heterocycles. The van der Waals surface area contributed by atoms with E-state index in [1.165, 1.54) is 11.3 Å². The number of rotatable bonds is 13. The summed E-state index contributed by atoms with van der Waals surface area (Å²) in [5.74, 6) is -1.40. The molecule has 0 bridgehead atoms. The highest BCUT2D eigenvalue weighted by Gasteiger charge is 2.30. The average molecular weight is 556 g/mol. The lowest BCUT2D eigenvalue weighted by Gasteiger charge is -2.28. The van der Waals surface area contributed by atoms with Crippen LogP contribution in [-0.4, -0.2) is 62.7 Å². The minimum Gasteiger partial charge on any atom is -0.381 e. The second kappa shape index (κ2) is 13.7. The number of Topliss-reactive ketones (excluding diaryl/α,β-unsaturated/α-hetero) is 1. The van der Waals surface area contributed by atoms with Crippen molar-refractivity contribution in [2.75, 3.05) is 25.5 Å². The van der Waals surface area contributed by atoms with E-state index in [-0.39, 0.29) is 35.8 Å². The molecule has 4 rings (SSSR count). The molecular weight excluding hydrogens is 522 g/mol. The molecule has 1 fully saturated rings. The van der Waals surface area contributed by atoms with Crippen molar-refractivity contribution in [1.29, 1.82) is 0 Å². The van der Waals surface area contributed by atoms with Gasteiger partial charge in [0.05, 0.1) is 17.4 Å². The van der Waals surface area contributed by atoms with Gasteiger partial charge < -0.3 is 15.4 Å². The molecule has 8 nitrogen and oxygen atoms in total. The van der Waals surface area contributed by atoms with Gasteiger partial charge in [0.25, 0.3) is 0 Å². The average Bonchev–Trinajstić information content (AvgIpc) is 3.47. The minimum atomic E-state index is -3.57. The second-order valence-corrected chi connectivity index (χ2v) is 12.4. The Morgan fingerprint density at radius 2 is 1.71 bits per heavy atom. The second-order valence-electron chi connectivity index (χ2n) is 9.39. The molecule has 1 amide bonds. The van der Waals surface area contributed by atoms with Gasteiger partial charge in [-0.3, -0.25) is 9.59 Å². The van der Waals surface area contributed by atoms with E-state index in [2.05, 4.69) is 15.6 Å². The highest BCUT2D eigenvalue weighted by Crippen LogP contribution is 2.25. The van der Waals surface area contributed by atoms with Gasteiger partial charge in [-0.25, -0.2) is 13.4 Å². The number of carbonyl (C=O) groups excluding carboxylic acids is 2. The summed E-state index contributed by atoms with van der Waals surface area (Å²) in [6.45, 7) is 1.36. The fourth-order valence-corrected chi connectivity index (χ4v) is 6.79. The Hall–Kier alpha value is -2.92. The van der Waals surface area contributed by atoms with E-state index in [0.29, 0.717) is 43.0 Å². The van der Waals surface area contributed by atoms with Gasteiger partial charge in [0.2, 0.25) is 5.91 Å². The SMILES string of the molecule is O=C(NCC[C@H](C(=O)c1nccs1)c1ccccc1)[C@H](CS(=O)(=O)Cc1ccccc1)NC1CCOCC1. The number of benzene rings is 2. The van der Waals surface area contributed by atoms with Crippen LogP contribution >= 0.6 is 11.3 Å². The molecule has 0 unspecified atom stereocenters. The van der Waals surface area contributed by atoms with Crippen molar-refractivity contribution in [2.45, 2.75) is 43.0 Å². The topological polar surface area (TPSA) is 114 Å². The van der Waals surface area contributed by atoms with E-state index in [1.807, 2.05) is 36.4 Å². The highest BCUT2D eigenvalue weighted by atomic mass is 32.2. The quantitative estimate of drug-likeness (QED) is 0.311. The lowest BCUT2D eigenvalue weighted by molar-refractivity contribution is -0.123. The molecule has 2 N–H and O–H groups in total. The third kappa shape index (κ3) is 8.29. The van der Waals surface area contributed by atoms with Crippen molar-refractivity contribution in [1.82, 2.24) is 15.6 Å². The standard InChI is InChI=1S/C28H33N3O5S2/c32-26(28-30-15-18-37-28)24(22-9-5-2-6-10-22)11-14-29-27(33)25(31-23-12-16-36-17-13-23)20-38(34,35)19-21-7-3-1-4-8-21/h1-10,15,18,23-25,31H,11-14,16-17,19-20H2,(H,29,33)/t24-,25-/m0/s1. The number of hydrogen-bond donors (Lipinski definition) is 2. The van der Waals surface area contributed by atoms with Gasteiger partial charge in [0, 0.05) is 37.4 Å². The van der Waals surface area contributed by atoms with Gasteiger partial charge in [-0.15, -0.1) is 11.3 Å². The summed E-state index contributed by atoms with van der Waals surface area (Å²) in [5.41, 5.74) is 1.54. The van der Waals surface area contributed by atoms with Crippen molar-refractivity contribution < 1.29 is 22.7 Å². The summed E-state index contributed by atoms with van der Waals surface area (Å²) in [5, 5.41) is 8.35. The van der Waals surface area contributed by atoms with Crippen molar-refractivity contribution in [3.63, 3.8) is 0 Å². The molecule has 202 valence electrons. The zero-order valence-corrected chi connectivity index (χ0v) is 22.8. The number of hydrogen-bond acceptors (Lipinski definition) is 8. The van der Waals surface area contributed by atoms with Crippen molar-refractivity contribution >= 4 is 32.9 Å². The zero-order chi connectivity index (χ0) is 26.8. The van der Waals surface area contributed by atoms with Crippen LogP contribution in [0.15, 0.2) is 72.2 Å². The first-order valence-corrected chi connectivity index (χ1v) is 15.5. The predicted octanol–water partition coefficient (Wildman–Crippen LogP) is 3.37. The number of thiazole rings is 1. The van der Waals surface area contributed by atoms with Crippen LogP contribution in [0.3, 0.4) is 0 Å². The first kappa shape index (κ1) is 28.1. The van der Waals surface area contributed by atoms with E-state index in [0.717, 1.165) is 5.56 Å². The van der Waals surface area contributed by atoms with Crippen LogP contribution in [0.25, 0.3) is 0 Å². The molecule has 0 radical (unpaired) electrons. The van der Waals surface area contributed by atoms with Gasteiger partial charge >= 0.3 is 0 Å². The summed E-state index contributed by atoms with van der Waals surface area (Å²) in [6, 6.07) is 17.5. The lowest BCUT2D eigenvalue weighted by atomic mass is 9.91. The van der Waals surface area contributed by atoms with Gasteiger partial charge in [0.15, 0.2) is 20.6 Å². The Balaban J connectivity index is 1.43. The van der Waals surface area contributed by atoms with E-state index in [4.69, 9.17) is 4.74 Å². The zero-order valence-electron chi connectivity index (χ0n) is 21.1. The van der Waals surface area contributed by atoms with Crippen molar-refractivity contribution in [3.05, 3.63) is 88.4 Å². The molecule has 0 spiro atoms. The van der Waals surface area contributed by atoms with Gasteiger partial charge in [0.1, 0.15) is 6.04 Å². The van der Waals surface area contributed by atoms with Gasteiger partial charge in [-0.05, 0) is 30.4 Å². The van der Waals surface area contributed by atoms with E-state index < -0.39 is 21.8 Å². The van der Waals surface area contributed by atoms with Gasteiger partial charge in [-0.2, -0.15) is 0 Å². The number of nitrogens with zero attached hydrogens (tertiary/aromatic N) is 1. The Kier molecular flexibility index (Phi) is 10.2. The van der Waals surface area contributed by atoms with Crippen LogP contribution in [-0.2, 0) is 25.1 Å². The number of aromatic nitrogens is 1. The number of ether oxygens (including phenoxy) is 1. The number of sulfone groups is 1. The lowest BCUT2D eigenvalue weighted by Crippen LogP contribution is -2.53. The summed E-state index contributed by atoms with van der Waals surface area (Å²) in [4.78, 5) is 30.6.